The predicted octanol–water partition coefficient (Wildman–Crippen LogP) is 7.41. The molecule has 3 aromatic carbocycles. The first-order valence-corrected chi connectivity index (χ1v) is 11.2. The summed E-state index contributed by atoms with van der Waals surface area (Å²) in [5.41, 5.74) is 11.9. The fourth-order valence-electron chi connectivity index (χ4n) is 6.92. The average Bonchev–Trinajstić information content (AvgIpc) is 3.44. The molecule has 0 spiro atoms. The molecule has 0 heterocycles. The third-order valence-electron chi connectivity index (χ3n) is 7.92. The van der Waals surface area contributed by atoms with Crippen LogP contribution >= 0.6 is 0 Å². The Morgan fingerprint density at radius 1 is 0.690 bits per heavy atom. The Kier molecular flexibility index (Phi) is 3.85. The minimum atomic E-state index is 0.695. The van der Waals surface area contributed by atoms with Crippen molar-refractivity contribution in [1.29, 1.82) is 0 Å². The summed E-state index contributed by atoms with van der Waals surface area (Å²) in [6, 6.07) is 27.3. The molecule has 3 aromatic rings. The molecule has 2 fully saturated rings. The van der Waals surface area contributed by atoms with Gasteiger partial charge in [-0.3, -0.25) is 0 Å². The first-order chi connectivity index (χ1) is 14.2. The van der Waals surface area contributed by atoms with Gasteiger partial charge in [-0.1, -0.05) is 72.8 Å². The van der Waals surface area contributed by atoms with Gasteiger partial charge in [-0.05, 0) is 101 Å². The molecule has 4 unspecified atom stereocenters. The molecule has 0 amide bonds. The molecule has 2 saturated carbocycles. The second-order valence-electron chi connectivity index (χ2n) is 9.39. The first-order valence-electron chi connectivity index (χ1n) is 11.2. The van der Waals surface area contributed by atoms with Crippen molar-refractivity contribution < 1.29 is 0 Å². The maximum absolute atomic E-state index is 2.42. The van der Waals surface area contributed by atoms with Gasteiger partial charge in [0.2, 0.25) is 0 Å². The summed E-state index contributed by atoms with van der Waals surface area (Å²) in [6.45, 7) is 4.57. The summed E-state index contributed by atoms with van der Waals surface area (Å²) in [5, 5.41) is 0. The van der Waals surface area contributed by atoms with E-state index in [1.54, 1.807) is 11.1 Å². The van der Waals surface area contributed by atoms with E-state index in [0.29, 0.717) is 5.92 Å². The van der Waals surface area contributed by atoms with Crippen molar-refractivity contribution in [3.63, 3.8) is 0 Å². The molecule has 0 saturated heterocycles. The molecule has 0 aromatic heterocycles. The van der Waals surface area contributed by atoms with Gasteiger partial charge in [-0.25, -0.2) is 0 Å². The van der Waals surface area contributed by atoms with Gasteiger partial charge in [-0.15, -0.1) is 0 Å². The number of hydrogen-bond acceptors (Lipinski definition) is 0. The quantitative estimate of drug-likeness (QED) is 0.437. The molecule has 4 atom stereocenters. The highest BCUT2D eigenvalue weighted by Gasteiger charge is 2.54. The van der Waals surface area contributed by atoms with Crippen molar-refractivity contribution in [2.75, 3.05) is 0 Å². The molecule has 3 aliphatic carbocycles. The summed E-state index contributed by atoms with van der Waals surface area (Å²) < 4.78 is 0. The van der Waals surface area contributed by atoms with Crippen molar-refractivity contribution in [3.8, 4) is 0 Å². The molecule has 144 valence electrons. The van der Waals surface area contributed by atoms with Crippen LogP contribution in [0, 0.1) is 31.6 Å². The lowest BCUT2D eigenvalue weighted by Crippen LogP contribution is -2.17. The number of benzene rings is 3. The molecule has 0 nitrogen and oxygen atoms in total. The molecule has 0 N–H and O–H groups in total. The molecule has 29 heavy (non-hydrogen) atoms. The zero-order chi connectivity index (χ0) is 19.5. The lowest BCUT2D eigenvalue weighted by molar-refractivity contribution is 0.365. The maximum Gasteiger partial charge on any atom is -0.00493 e. The average molecular weight is 377 g/mol. The number of allylic oxidation sites excluding steroid dienone is 1. The predicted molar refractivity (Wildman–Crippen MR) is 122 cm³/mol. The fraction of sp³-hybridized carbons (Fsp3) is 0.310. The summed E-state index contributed by atoms with van der Waals surface area (Å²) in [6.07, 6.45) is 4.28. The van der Waals surface area contributed by atoms with E-state index in [4.69, 9.17) is 0 Å². The molecule has 3 aliphatic rings. The van der Waals surface area contributed by atoms with Crippen LogP contribution in [0.2, 0.25) is 0 Å². The van der Waals surface area contributed by atoms with E-state index in [9.17, 15) is 0 Å². The molecule has 0 aliphatic heterocycles. The lowest BCUT2D eigenvalue weighted by atomic mass is 9.75. The minimum Gasteiger partial charge on any atom is -0.0622 e. The van der Waals surface area contributed by atoms with Crippen LogP contribution in [0.15, 0.2) is 72.8 Å². The van der Waals surface area contributed by atoms with Gasteiger partial charge in [0.25, 0.3) is 0 Å². The van der Waals surface area contributed by atoms with Crippen LogP contribution in [0.5, 0.6) is 0 Å². The summed E-state index contributed by atoms with van der Waals surface area (Å²) in [7, 11) is 0. The van der Waals surface area contributed by atoms with Crippen LogP contribution in [-0.4, -0.2) is 0 Å². The number of fused-ring (bicyclic) bond motifs is 7. The van der Waals surface area contributed by atoms with Crippen LogP contribution in [0.1, 0.15) is 58.6 Å². The number of aryl methyl sites for hydroxylation is 2. The minimum absolute atomic E-state index is 0.695. The van der Waals surface area contributed by atoms with Crippen molar-refractivity contribution in [2.45, 2.75) is 39.0 Å². The van der Waals surface area contributed by atoms with Crippen molar-refractivity contribution in [3.05, 3.63) is 106 Å². The molecule has 6 rings (SSSR count). The summed E-state index contributed by atoms with van der Waals surface area (Å²) in [4.78, 5) is 0. The monoisotopic (exact) mass is 376 g/mol. The summed E-state index contributed by atoms with van der Waals surface area (Å²) in [5.74, 6) is 3.18. The smallest absolute Gasteiger partial charge is 0.00493 e. The normalized spacial score (nSPS) is 28.3. The SMILES string of the molecule is Cc1cccc(C)c1/C(=C1\c2ccccc2C2C3CCC(C3)C12)c1ccccc1. The zero-order valence-electron chi connectivity index (χ0n) is 17.4. The lowest BCUT2D eigenvalue weighted by Gasteiger charge is -2.28. The molecular weight excluding hydrogens is 348 g/mol. The van der Waals surface area contributed by atoms with Gasteiger partial charge < -0.3 is 0 Å². The third-order valence-corrected chi connectivity index (χ3v) is 7.92. The van der Waals surface area contributed by atoms with E-state index in [0.717, 1.165) is 17.8 Å². The number of rotatable bonds is 2. The maximum atomic E-state index is 2.42. The standard InChI is InChI=1S/C29H28/c1-18-9-8-10-19(2)25(18)27(20-11-4-3-5-12-20)29-24-14-7-6-13-23(24)26-21-15-16-22(17-21)28(26)29/h3-14,21-22,26,28H,15-17H2,1-2H3/b29-27+. The van der Waals surface area contributed by atoms with Crippen LogP contribution in [0.25, 0.3) is 11.1 Å². The highest BCUT2D eigenvalue weighted by atomic mass is 14.6. The van der Waals surface area contributed by atoms with Crippen LogP contribution < -0.4 is 0 Å². The van der Waals surface area contributed by atoms with Gasteiger partial charge in [0.05, 0.1) is 0 Å². The zero-order valence-corrected chi connectivity index (χ0v) is 17.4. The Bertz CT molecular complexity index is 1100. The van der Waals surface area contributed by atoms with E-state index in [2.05, 4.69) is 86.6 Å². The van der Waals surface area contributed by atoms with E-state index >= 15 is 0 Å². The van der Waals surface area contributed by atoms with Gasteiger partial charge in [0.15, 0.2) is 0 Å². The van der Waals surface area contributed by atoms with Gasteiger partial charge >= 0.3 is 0 Å². The van der Waals surface area contributed by atoms with Gasteiger partial charge in [-0.2, -0.15) is 0 Å². The Balaban J connectivity index is 1.72. The van der Waals surface area contributed by atoms with E-state index < -0.39 is 0 Å². The topological polar surface area (TPSA) is 0 Å². The van der Waals surface area contributed by atoms with E-state index in [1.165, 1.54) is 52.7 Å². The molecule has 0 radical (unpaired) electrons. The van der Waals surface area contributed by atoms with E-state index in [1.807, 2.05) is 0 Å². The van der Waals surface area contributed by atoms with Crippen LogP contribution in [0.4, 0.5) is 0 Å². The third kappa shape index (κ3) is 2.45. The Morgan fingerprint density at radius 3 is 2.10 bits per heavy atom. The van der Waals surface area contributed by atoms with Gasteiger partial charge in [0.1, 0.15) is 0 Å². The van der Waals surface area contributed by atoms with Crippen LogP contribution in [-0.2, 0) is 0 Å². The molecule has 0 heteroatoms. The fourth-order valence-corrected chi connectivity index (χ4v) is 6.92. The molecular formula is C29H28. The summed E-state index contributed by atoms with van der Waals surface area (Å²) >= 11 is 0. The highest BCUT2D eigenvalue weighted by Crippen LogP contribution is 2.66. The first kappa shape index (κ1) is 17.3. The van der Waals surface area contributed by atoms with Gasteiger partial charge in [0, 0.05) is 0 Å². The Labute approximate surface area is 174 Å². The van der Waals surface area contributed by atoms with Crippen LogP contribution in [0.3, 0.4) is 0 Å². The highest BCUT2D eigenvalue weighted by molar-refractivity contribution is 6.03. The second-order valence-corrected chi connectivity index (χ2v) is 9.39. The Morgan fingerprint density at radius 2 is 1.34 bits per heavy atom. The second kappa shape index (κ2) is 6.46. The number of hydrogen-bond donors (Lipinski definition) is 0. The van der Waals surface area contributed by atoms with Crippen molar-refractivity contribution in [1.82, 2.24) is 0 Å². The molecule has 2 bridgehead atoms. The van der Waals surface area contributed by atoms with Crippen molar-refractivity contribution in [2.24, 2.45) is 17.8 Å². The van der Waals surface area contributed by atoms with Crippen molar-refractivity contribution >= 4 is 11.1 Å². The Hall–Kier alpha value is -2.60. The van der Waals surface area contributed by atoms with E-state index in [-0.39, 0.29) is 0 Å². The largest absolute Gasteiger partial charge is 0.0622 e.